The Morgan fingerprint density at radius 3 is 2.77 bits per heavy atom. The number of aliphatic hydroxyl groups excluding tert-OH is 1. The lowest BCUT2D eigenvalue weighted by Gasteiger charge is -2.37. The fourth-order valence-electron chi connectivity index (χ4n) is 3.03. The smallest absolute Gasteiger partial charge is 0.160 e. The molecule has 0 saturated heterocycles. The van der Waals surface area contributed by atoms with E-state index in [0.29, 0.717) is 17.7 Å². The Kier molecular flexibility index (Phi) is 2.84. The van der Waals surface area contributed by atoms with Gasteiger partial charge in [0.2, 0.25) is 0 Å². The van der Waals surface area contributed by atoms with E-state index in [1.165, 1.54) is 24.3 Å². The zero-order chi connectivity index (χ0) is 18.4. The molecule has 0 radical (unpaired) electrons. The van der Waals surface area contributed by atoms with Crippen LogP contribution in [0.25, 0.3) is 0 Å². The van der Waals surface area contributed by atoms with Crippen molar-refractivity contribution in [1.82, 2.24) is 4.90 Å². The summed E-state index contributed by atoms with van der Waals surface area (Å²) in [6, 6.07) is 9.06. The first-order chi connectivity index (χ1) is 11.7. The van der Waals surface area contributed by atoms with Gasteiger partial charge in [0, 0.05) is 6.54 Å². The molecule has 0 aromatic heterocycles. The van der Waals surface area contributed by atoms with Crippen LogP contribution in [-0.4, -0.2) is 40.8 Å². The number of nitrogens with zero attached hydrogens (tertiary/aromatic N) is 1. The minimum atomic E-state index is -2.67. The van der Waals surface area contributed by atoms with Crippen molar-refractivity contribution in [3.05, 3.63) is 53.1 Å². The fraction of sp³-hybridized carbons (Fsp3) is 0.294. The van der Waals surface area contributed by atoms with Crippen LogP contribution in [0.15, 0.2) is 36.4 Å². The predicted octanol–water partition coefficient (Wildman–Crippen LogP) is 2.17. The monoisotopic (exact) mass is 304 g/mol. The van der Waals surface area contributed by atoms with Gasteiger partial charge in [-0.25, -0.2) is 0 Å². The van der Waals surface area contributed by atoms with Crippen molar-refractivity contribution in [2.24, 2.45) is 0 Å². The maximum Gasteiger partial charge on any atom is 0.160 e. The number of aromatic hydroxyl groups is 2. The summed E-state index contributed by atoms with van der Waals surface area (Å²) in [4.78, 5) is 1.91. The van der Waals surface area contributed by atoms with E-state index in [0.717, 1.165) is 5.56 Å². The molecular weight excluding hydrogens is 282 g/mol. The summed E-state index contributed by atoms with van der Waals surface area (Å²) in [6.07, 6.45) is -0.737. The van der Waals surface area contributed by atoms with E-state index in [1.807, 2.05) is 11.9 Å². The van der Waals surface area contributed by atoms with Crippen molar-refractivity contribution >= 4 is 0 Å². The van der Waals surface area contributed by atoms with Gasteiger partial charge in [0.15, 0.2) is 11.5 Å². The molecule has 0 spiro atoms. The Balaban J connectivity index is 2.07. The van der Waals surface area contributed by atoms with Gasteiger partial charge in [-0.05, 0) is 48.0 Å². The van der Waals surface area contributed by atoms with Crippen molar-refractivity contribution in [1.29, 1.82) is 0 Å². The maximum absolute atomic E-state index is 10.3. The number of phenolic OH excluding ortho intramolecular Hbond substituents is 2. The topological polar surface area (TPSA) is 73.2 Å². The SMILES string of the molecule is [2H]C([2H])([2H])Oc1cc(C2c3ccc(O)cc3[C@@H](O)CN2C)ccc1O. The molecule has 1 unspecified atom stereocenters. The van der Waals surface area contributed by atoms with Gasteiger partial charge in [0.05, 0.1) is 23.3 Å². The molecule has 3 rings (SSSR count). The minimum Gasteiger partial charge on any atom is -0.508 e. The molecule has 0 saturated carbocycles. The van der Waals surface area contributed by atoms with Crippen molar-refractivity contribution < 1.29 is 24.2 Å². The maximum atomic E-state index is 10.3. The van der Waals surface area contributed by atoms with Gasteiger partial charge in [-0.3, -0.25) is 4.90 Å². The molecule has 1 heterocycles. The van der Waals surface area contributed by atoms with Crippen LogP contribution in [0.2, 0.25) is 0 Å². The second kappa shape index (κ2) is 5.51. The summed E-state index contributed by atoms with van der Waals surface area (Å²) in [5, 5.41) is 29.9. The number of ether oxygens (including phenoxy) is 1. The van der Waals surface area contributed by atoms with Gasteiger partial charge in [-0.1, -0.05) is 12.1 Å². The first kappa shape index (κ1) is 11.3. The summed E-state index contributed by atoms with van der Waals surface area (Å²) in [7, 11) is -0.838. The third-order valence-electron chi connectivity index (χ3n) is 4.04. The lowest BCUT2D eigenvalue weighted by atomic mass is 9.87. The van der Waals surface area contributed by atoms with Gasteiger partial charge in [-0.2, -0.15) is 0 Å². The number of β-amino-alcohol motifs (C(OH)–C–C–N with tert-alkyl or cyclic N) is 1. The van der Waals surface area contributed by atoms with Crippen LogP contribution in [0.1, 0.15) is 32.9 Å². The van der Waals surface area contributed by atoms with Crippen LogP contribution in [0, 0.1) is 0 Å². The highest BCUT2D eigenvalue weighted by Gasteiger charge is 2.31. The Labute approximate surface area is 133 Å². The van der Waals surface area contributed by atoms with Crippen LogP contribution in [0.4, 0.5) is 0 Å². The molecule has 0 fully saturated rings. The Hall–Kier alpha value is -2.24. The quantitative estimate of drug-likeness (QED) is 0.793. The number of benzene rings is 2. The number of aliphatic hydroxyl groups is 1. The lowest BCUT2D eigenvalue weighted by Crippen LogP contribution is -2.35. The Morgan fingerprint density at radius 1 is 1.18 bits per heavy atom. The second-order valence-corrected chi connectivity index (χ2v) is 5.50. The normalized spacial score (nSPS) is 24.0. The molecule has 2 aromatic carbocycles. The standard InChI is InChI=1S/C17H19NO4/c1-18-9-15(21)13-8-11(19)4-5-12(13)17(18)10-3-6-14(20)16(7-10)22-2/h3-8,15,17,19-21H,9H2,1-2H3/t15-,17?/m0/s1/i2D3. The molecule has 5 nitrogen and oxygen atoms in total. The zero-order valence-corrected chi connectivity index (χ0v) is 12.0. The second-order valence-electron chi connectivity index (χ2n) is 5.50. The molecule has 116 valence electrons. The predicted molar refractivity (Wildman–Crippen MR) is 82.2 cm³/mol. The number of fused-ring (bicyclic) bond motifs is 1. The van der Waals surface area contributed by atoms with Gasteiger partial charge in [0.25, 0.3) is 0 Å². The first-order valence-corrected chi connectivity index (χ1v) is 6.89. The summed E-state index contributed by atoms with van der Waals surface area (Å²) in [6.45, 7) is 0.345. The number of hydrogen-bond acceptors (Lipinski definition) is 5. The fourth-order valence-corrected chi connectivity index (χ4v) is 3.03. The highest BCUT2D eigenvalue weighted by molar-refractivity contribution is 5.48. The highest BCUT2D eigenvalue weighted by Crippen LogP contribution is 2.41. The molecule has 0 aliphatic carbocycles. The Morgan fingerprint density at radius 2 is 2.00 bits per heavy atom. The Bertz CT molecular complexity index is 794. The van der Waals surface area contributed by atoms with E-state index in [9.17, 15) is 15.3 Å². The van der Waals surface area contributed by atoms with E-state index in [2.05, 4.69) is 0 Å². The largest absolute Gasteiger partial charge is 0.508 e. The lowest BCUT2D eigenvalue weighted by molar-refractivity contribution is 0.0941. The summed E-state index contributed by atoms with van der Waals surface area (Å²) < 4.78 is 26.5. The molecule has 3 N–H and O–H groups in total. The summed E-state index contributed by atoms with van der Waals surface area (Å²) in [5.41, 5.74) is 2.12. The van der Waals surface area contributed by atoms with E-state index in [4.69, 9.17) is 8.85 Å². The summed E-state index contributed by atoms with van der Waals surface area (Å²) in [5.74, 6) is -0.320. The molecule has 2 aromatic rings. The van der Waals surface area contributed by atoms with Crippen molar-refractivity contribution in [2.75, 3.05) is 20.6 Å². The van der Waals surface area contributed by atoms with E-state index < -0.39 is 13.1 Å². The summed E-state index contributed by atoms with van der Waals surface area (Å²) >= 11 is 0. The third-order valence-corrected chi connectivity index (χ3v) is 4.04. The van der Waals surface area contributed by atoms with Crippen LogP contribution in [0.3, 0.4) is 0 Å². The van der Waals surface area contributed by atoms with Gasteiger partial charge >= 0.3 is 0 Å². The van der Waals surface area contributed by atoms with Crippen LogP contribution < -0.4 is 4.74 Å². The average Bonchev–Trinajstić information content (AvgIpc) is 2.49. The highest BCUT2D eigenvalue weighted by atomic mass is 16.5. The van der Waals surface area contributed by atoms with Crippen LogP contribution >= 0.6 is 0 Å². The third kappa shape index (κ3) is 2.38. The molecule has 2 atom stereocenters. The average molecular weight is 304 g/mol. The van der Waals surface area contributed by atoms with E-state index >= 15 is 0 Å². The van der Waals surface area contributed by atoms with Crippen LogP contribution in [0.5, 0.6) is 17.2 Å². The molecular formula is C17H19NO4. The van der Waals surface area contributed by atoms with Crippen molar-refractivity contribution in [3.63, 3.8) is 0 Å². The number of phenols is 2. The van der Waals surface area contributed by atoms with Gasteiger partial charge in [-0.15, -0.1) is 0 Å². The van der Waals surface area contributed by atoms with Crippen molar-refractivity contribution in [3.8, 4) is 17.2 Å². The molecule has 5 heteroatoms. The molecule has 1 aliphatic rings. The molecule has 1 aliphatic heterocycles. The molecule has 0 amide bonds. The van der Waals surface area contributed by atoms with Gasteiger partial charge < -0.3 is 20.1 Å². The van der Waals surface area contributed by atoms with Crippen molar-refractivity contribution in [2.45, 2.75) is 12.1 Å². The molecule has 0 bridgehead atoms. The molecule has 22 heavy (non-hydrogen) atoms. The van der Waals surface area contributed by atoms with E-state index in [1.54, 1.807) is 12.1 Å². The van der Waals surface area contributed by atoms with Crippen LogP contribution in [-0.2, 0) is 0 Å². The minimum absolute atomic E-state index is 0.0678. The number of hydrogen-bond donors (Lipinski definition) is 3. The first-order valence-electron chi connectivity index (χ1n) is 8.39. The number of methoxy groups -OCH3 is 1. The van der Waals surface area contributed by atoms with E-state index in [-0.39, 0.29) is 23.3 Å². The number of rotatable bonds is 2. The zero-order valence-electron chi connectivity index (χ0n) is 15.0. The number of likely N-dealkylation sites (N-methyl/N-ethyl adjacent to an activating group) is 1. The van der Waals surface area contributed by atoms with Gasteiger partial charge in [0.1, 0.15) is 5.75 Å².